The lowest BCUT2D eigenvalue weighted by Gasteiger charge is -2.13. The van der Waals surface area contributed by atoms with Gasteiger partial charge in [0, 0.05) is 5.56 Å². The van der Waals surface area contributed by atoms with Crippen LogP contribution in [0, 0.1) is 6.92 Å². The molecule has 0 fully saturated rings. The van der Waals surface area contributed by atoms with Gasteiger partial charge in [-0.3, -0.25) is 0 Å². The molecule has 0 spiro atoms. The molecule has 2 rings (SSSR count). The molecule has 0 saturated carbocycles. The first-order valence-corrected chi connectivity index (χ1v) is 6.12. The van der Waals surface area contributed by atoms with E-state index in [4.69, 9.17) is 4.74 Å². The summed E-state index contributed by atoms with van der Waals surface area (Å²) in [6, 6.07) is 15.8. The molecule has 0 aliphatic heterocycles. The molecule has 2 aromatic rings. The topological polar surface area (TPSA) is 29.5 Å². The summed E-state index contributed by atoms with van der Waals surface area (Å²) in [5.74, 6) is 0.744. The Hall–Kier alpha value is -1.80. The third kappa shape index (κ3) is 3.11. The van der Waals surface area contributed by atoms with Crippen molar-refractivity contribution < 1.29 is 9.84 Å². The number of para-hydroxylation sites is 1. The van der Waals surface area contributed by atoms with E-state index < -0.39 is 6.10 Å². The van der Waals surface area contributed by atoms with Gasteiger partial charge in [0.15, 0.2) is 0 Å². The maximum absolute atomic E-state index is 9.67. The van der Waals surface area contributed by atoms with E-state index in [0.29, 0.717) is 6.61 Å². The van der Waals surface area contributed by atoms with Crippen molar-refractivity contribution >= 4 is 0 Å². The highest BCUT2D eigenvalue weighted by Crippen LogP contribution is 2.25. The molecule has 0 radical (unpaired) electrons. The molecule has 94 valence electrons. The standard InChI is InChI=1S/C16H18O2/c1-12-6-5-7-14(10-12)11-18-16-9-4-3-8-15(16)13(2)17/h3-10,13,17H,11H2,1-2H3/t13-/m1/s1. The first-order valence-electron chi connectivity index (χ1n) is 6.12. The lowest BCUT2D eigenvalue weighted by molar-refractivity contribution is 0.190. The van der Waals surface area contributed by atoms with Crippen LogP contribution in [0.4, 0.5) is 0 Å². The van der Waals surface area contributed by atoms with Crippen molar-refractivity contribution in [3.63, 3.8) is 0 Å². The second kappa shape index (κ2) is 5.69. The van der Waals surface area contributed by atoms with E-state index >= 15 is 0 Å². The van der Waals surface area contributed by atoms with Gasteiger partial charge in [-0.1, -0.05) is 48.0 Å². The Bertz CT molecular complexity index is 518. The minimum Gasteiger partial charge on any atom is -0.489 e. The van der Waals surface area contributed by atoms with Crippen LogP contribution in [0.25, 0.3) is 0 Å². The lowest BCUT2D eigenvalue weighted by Crippen LogP contribution is -2.00. The number of ether oxygens (including phenoxy) is 1. The van der Waals surface area contributed by atoms with Crippen LogP contribution in [0.1, 0.15) is 29.7 Å². The van der Waals surface area contributed by atoms with Gasteiger partial charge in [0.25, 0.3) is 0 Å². The third-order valence-electron chi connectivity index (χ3n) is 2.85. The van der Waals surface area contributed by atoms with E-state index in [2.05, 4.69) is 19.1 Å². The Kier molecular flexibility index (Phi) is 4.00. The first kappa shape index (κ1) is 12.7. The molecular weight excluding hydrogens is 224 g/mol. The molecule has 0 aliphatic carbocycles. The van der Waals surface area contributed by atoms with E-state index in [1.54, 1.807) is 6.92 Å². The van der Waals surface area contributed by atoms with Gasteiger partial charge in [-0.25, -0.2) is 0 Å². The van der Waals surface area contributed by atoms with E-state index in [1.807, 2.05) is 36.4 Å². The van der Waals surface area contributed by atoms with Crippen molar-refractivity contribution in [3.8, 4) is 5.75 Å². The molecule has 0 heterocycles. The largest absolute Gasteiger partial charge is 0.489 e. The van der Waals surface area contributed by atoms with Crippen LogP contribution in [0.15, 0.2) is 48.5 Å². The van der Waals surface area contributed by atoms with E-state index in [9.17, 15) is 5.11 Å². The number of benzene rings is 2. The predicted molar refractivity (Wildman–Crippen MR) is 72.6 cm³/mol. The zero-order valence-corrected chi connectivity index (χ0v) is 10.8. The summed E-state index contributed by atoms with van der Waals surface area (Å²) in [5, 5.41) is 9.67. The molecule has 0 aromatic heterocycles. The van der Waals surface area contributed by atoms with Crippen molar-refractivity contribution in [2.75, 3.05) is 0 Å². The van der Waals surface area contributed by atoms with Gasteiger partial charge in [-0.05, 0) is 25.5 Å². The third-order valence-corrected chi connectivity index (χ3v) is 2.85. The Balaban J connectivity index is 2.11. The highest BCUT2D eigenvalue weighted by Gasteiger charge is 2.08. The van der Waals surface area contributed by atoms with Gasteiger partial charge in [0.2, 0.25) is 0 Å². The highest BCUT2D eigenvalue weighted by atomic mass is 16.5. The first-order chi connectivity index (χ1) is 8.66. The number of aryl methyl sites for hydroxylation is 1. The normalized spacial score (nSPS) is 12.2. The van der Waals surface area contributed by atoms with Crippen LogP contribution in [0.2, 0.25) is 0 Å². The maximum atomic E-state index is 9.67. The molecule has 2 aromatic carbocycles. The summed E-state index contributed by atoms with van der Waals surface area (Å²) in [5.41, 5.74) is 3.18. The van der Waals surface area contributed by atoms with Crippen LogP contribution < -0.4 is 4.74 Å². The molecule has 1 atom stereocenters. The van der Waals surface area contributed by atoms with Gasteiger partial charge in [0.05, 0.1) is 6.10 Å². The van der Waals surface area contributed by atoms with Crippen LogP contribution in [0.3, 0.4) is 0 Å². The molecule has 0 saturated heterocycles. The molecular formula is C16H18O2. The van der Waals surface area contributed by atoms with Crippen molar-refractivity contribution in [2.24, 2.45) is 0 Å². The summed E-state index contributed by atoms with van der Waals surface area (Å²) >= 11 is 0. The molecule has 0 amide bonds. The van der Waals surface area contributed by atoms with Crippen LogP contribution in [-0.2, 0) is 6.61 Å². The van der Waals surface area contributed by atoms with Crippen LogP contribution >= 0.6 is 0 Å². The summed E-state index contributed by atoms with van der Waals surface area (Å²) < 4.78 is 5.78. The number of rotatable bonds is 4. The van der Waals surface area contributed by atoms with Crippen LogP contribution in [0.5, 0.6) is 5.75 Å². The minimum absolute atomic E-state index is 0.515. The molecule has 2 nitrogen and oxygen atoms in total. The second-order valence-electron chi connectivity index (χ2n) is 4.49. The van der Waals surface area contributed by atoms with Crippen molar-refractivity contribution in [2.45, 2.75) is 26.6 Å². The quantitative estimate of drug-likeness (QED) is 0.887. The van der Waals surface area contributed by atoms with Gasteiger partial charge < -0.3 is 9.84 Å². The Morgan fingerprint density at radius 1 is 1.11 bits per heavy atom. The van der Waals surface area contributed by atoms with Gasteiger partial charge in [0.1, 0.15) is 12.4 Å². The van der Waals surface area contributed by atoms with Crippen molar-refractivity contribution in [3.05, 3.63) is 65.2 Å². The fourth-order valence-electron chi connectivity index (χ4n) is 1.92. The molecule has 0 bridgehead atoms. The average Bonchev–Trinajstić information content (AvgIpc) is 2.37. The number of hydrogen-bond donors (Lipinski definition) is 1. The Morgan fingerprint density at radius 3 is 2.61 bits per heavy atom. The predicted octanol–water partition coefficient (Wildman–Crippen LogP) is 3.63. The average molecular weight is 242 g/mol. The molecule has 1 N–H and O–H groups in total. The number of aliphatic hydroxyl groups is 1. The van der Waals surface area contributed by atoms with Gasteiger partial charge in [-0.2, -0.15) is 0 Å². The van der Waals surface area contributed by atoms with Crippen molar-refractivity contribution in [1.29, 1.82) is 0 Å². The van der Waals surface area contributed by atoms with Gasteiger partial charge >= 0.3 is 0 Å². The smallest absolute Gasteiger partial charge is 0.125 e. The maximum Gasteiger partial charge on any atom is 0.125 e. The summed E-state index contributed by atoms with van der Waals surface area (Å²) in [6.45, 7) is 4.33. The Morgan fingerprint density at radius 2 is 1.89 bits per heavy atom. The summed E-state index contributed by atoms with van der Waals surface area (Å²) in [4.78, 5) is 0. The molecule has 18 heavy (non-hydrogen) atoms. The second-order valence-corrected chi connectivity index (χ2v) is 4.49. The van der Waals surface area contributed by atoms with Gasteiger partial charge in [-0.15, -0.1) is 0 Å². The SMILES string of the molecule is Cc1cccc(COc2ccccc2[C@@H](C)O)c1. The summed E-state index contributed by atoms with van der Waals surface area (Å²) in [6.07, 6.45) is -0.515. The fraction of sp³-hybridized carbons (Fsp3) is 0.250. The van der Waals surface area contributed by atoms with E-state index in [-0.39, 0.29) is 0 Å². The molecule has 0 unspecified atom stereocenters. The Labute approximate surface area is 108 Å². The number of hydrogen-bond acceptors (Lipinski definition) is 2. The van der Waals surface area contributed by atoms with Crippen molar-refractivity contribution in [1.82, 2.24) is 0 Å². The minimum atomic E-state index is -0.515. The zero-order valence-electron chi connectivity index (χ0n) is 10.8. The number of aliphatic hydroxyl groups excluding tert-OH is 1. The fourth-order valence-corrected chi connectivity index (χ4v) is 1.92. The zero-order chi connectivity index (χ0) is 13.0. The lowest BCUT2D eigenvalue weighted by atomic mass is 10.1. The van der Waals surface area contributed by atoms with Crippen LogP contribution in [-0.4, -0.2) is 5.11 Å². The van der Waals surface area contributed by atoms with E-state index in [1.165, 1.54) is 5.56 Å². The molecule has 0 aliphatic rings. The van der Waals surface area contributed by atoms with E-state index in [0.717, 1.165) is 16.9 Å². The highest BCUT2D eigenvalue weighted by molar-refractivity contribution is 5.35. The molecule has 2 heteroatoms. The monoisotopic (exact) mass is 242 g/mol. The summed E-state index contributed by atoms with van der Waals surface area (Å²) in [7, 11) is 0.